The molecule has 1 atom stereocenters. The Hall–Kier alpha value is -0.130. The Kier molecular flexibility index (Phi) is 5.41. The number of hydrogen-bond donors (Lipinski definition) is 1. The van der Waals surface area contributed by atoms with Gasteiger partial charge in [0.1, 0.15) is 9.84 Å². The van der Waals surface area contributed by atoms with Crippen molar-refractivity contribution in [2.45, 2.75) is 50.2 Å². The molecule has 0 aromatic carbocycles. The molecule has 1 rings (SSSR count). The number of methoxy groups -OCH3 is 1. The fourth-order valence-electron chi connectivity index (χ4n) is 2.45. The molecular weight excluding hydrogens is 238 g/mol. The zero-order valence-electron chi connectivity index (χ0n) is 11.2. The van der Waals surface area contributed by atoms with E-state index in [0.717, 1.165) is 32.1 Å². The van der Waals surface area contributed by atoms with Gasteiger partial charge >= 0.3 is 0 Å². The summed E-state index contributed by atoms with van der Waals surface area (Å²) in [5, 5.41) is 3.27. The summed E-state index contributed by atoms with van der Waals surface area (Å²) >= 11 is 0. The van der Waals surface area contributed by atoms with Crippen LogP contribution in [0.2, 0.25) is 0 Å². The van der Waals surface area contributed by atoms with Crippen molar-refractivity contribution in [3.63, 3.8) is 0 Å². The summed E-state index contributed by atoms with van der Waals surface area (Å²) in [5.74, 6) is 0.283. The number of ether oxygens (including phenoxy) is 1. The van der Waals surface area contributed by atoms with Crippen LogP contribution in [0.1, 0.15) is 38.5 Å². The lowest BCUT2D eigenvalue weighted by molar-refractivity contribution is -0.0835. The minimum atomic E-state index is -2.83. The maximum atomic E-state index is 11.1. The van der Waals surface area contributed by atoms with E-state index in [2.05, 4.69) is 5.32 Å². The predicted octanol–water partition coefficient (Wildman–Crippen LogP) is 1.36. The predicted molar refractivity (Wildman–Crippen MR) is 70.0 cm³/mol. The van der Waals surface area contributed by atoms with Crippen LogP contribution in [0.4, 0.5) is 0 Å². The Morgan fingerprint density at radius 2 is 2.06 bits per heavy atom. The van der Waals surface area contributed by atoms with Crippen molar-refractivity contribution in [3.05, 3.63) is 0 Å². The first-order chi connectivity index (χ1) is 7.91. The first-order valence-corrected chi connectivity index (χ1v) is 8.37. The van der Waals surface area contributed by atoms with Crippen molar-refractivity contribution >= 4 is 9.84 Å². The average molecular weight is 263 g/mol. The van der Waals surface area contributed by atoms with Crippen LogP contribution in [-0.4, -0.2) is 46.2 Å². The van der Waals surface area contributed by atoms with E-state index >= 15 is 0 Å². The molecule has 1 N–H and O–H groups in total. The molecule has 4 nitrogen and oxygen atoms in total. The zero-order chi connectivity index (χ0) is 12.9. The Bertz CT molecular complexity index is 317. The highest BCUT2D eigenvalue weighted by Crippen LogP contribution is 2.39. The van der Waals surface area contributed by atoms with Crippen LogP contribution in [0.5, 0.6) is 0 Å². The molecule has 1 aliphatic carbocycles. The molecule has 0 saturated heterocycles. The van der Waals surface area contributed by atoms with E-state index in [4.69, 9.17) is 4.74 Å². The van der Waals surface area contributed by atoms with Crippen LogP contribution in [0, 0.1) is 0 Å². The summed E-state index contributed by atoms with van der Waals surface area (Å²) in [6, 6.07) is 0.358. The van der Waals surface area contributed by atoms with Gasteiger partial charge in [0.15, 0.2) is 0 Å². The van der Waals surface area contributed by atoms with E-state index in [9.17, 15) is 8.42 Å². The summed E-state index contributed by atoms with van der Waals surface area (Å²) in [5.41, 5.74) is 0.0543. The monoisotopic (exact) mass is 263 g/mol. The normalized spacial score (nSPS) is 20.9. The summed E-state index contributed by atoms with van der Waals surface area (Å²) in [4.78, 5) is 0. The van der Waals surface area contributed by atoms with Gasteiger partial charge in [-0.3, -0.25) is 0 Å². The third-order valence-electron chi connectivity index (χ3n) is 3.79. The molecule has 1 aliphatic rings. The molecule has 1 fully saturated rings. The van der Waals surface area contributed by atoms with Crippen LogP contribution >= 0.6 is 0 Å². The van der Waals surface area contributed by atoms with Gasteiger partial charge in [-0.1, -0.05) is 0 Å². The molecule has 0 amide bonds. The standard InChI is InChI=1S/C12H25NO3S/c1-13-11(6-4-9-17(3,14)15)10-12(16-2)7-5-8-12/h11,13H,4-10H2,1-3H3. The molecule has 102 valence electrons. The molecular formula is C12H25NO3S. The third kappa shape index (κ3) is 4.94. The average Bonchev–Trinajstić information content (AvgIpc) is 2.19. The van der Waals surface area contributed by atoms with Crippen LogP contribution < -0.4 is 5.32 Å². The van der Waals surface area contributed by atoms with Crippen LogP contribution in [0.15, 0.2) is 0 Å². The summed E-state index contributed by atoms with van der Waals surface area (Å²) in [6.45, 7) is 0. The van der Waals surface area contributed by atoms with E-state index < -0.39 is 9.84 Å². The number of sulfone groups is 1. The van der Waals surface area contributed by atoms with Gasteiger partial charge in [-0.25, -0.2) is 8.42 Å². The highest BCUT2D eigenvalue weighted by Gasteiger charge is 2.38. The second kappa shape index (κ2) is 6.16. The van der Waals surface area contributed by atoms with Gasteiger partial charge in [0.2, 0.25) is 0 Å². The second-order valence-corrected chi connectivity index (χ2v) is 7.46. The molecule has 0 heterocycles. The second-order valence-electron chi connectivity index (χ2n) is 5.20. The summed E-state index contributed by atoms with van der Waals surface area (Å²) in [6.07, 6.45) is 7.42. The lowest BCUT2D eigenvalue weighted by Gasteiger charge is -2.42. The Balaban J connectivity index is 2.33. The minimum Gasteiger partial charge on any atom is -0.378 e. The molecule has 1 saturated carbocycles. The fourth-order valence-corrected chi connectivity index (χ4v) is 3.14. The number of nitrogens with one attached hydrogen (secondary N) is 1. The quantitative estimate of drug-likeness (QED) is 0.718. The van der Waals surface area contributed by atoms with Gasteiger partial charge in [0.05, 0.1) is 5.60 Å². The van der Waals surface area contributed by atoms with E-state index in [1.54, 1.807) is 7.11 Å². The van der Waals surface area contributed by atoms with Crippen molar-refractivity contribution in [1.29, 1.82) is 0 Å². The van der Waals surface area contributed by atoms with Gasteiger partial charge in [-0.2, -0.15) is 0 Å². The Morgan fingerprint density at radius 3 is 2.41 bits per heavy atom. The maximum Gasteiger partial charge on any atom is 0.147 e. The first-order valence-electron chi connectivity index (χ1n) is 6.31. The lowest BCUT2D eigenvalue weighted by Crippen LogP contribution is -2.45. The van der Waals surface area contributed by atoms with Crippen molar-refractivity contribution in [3.8, 4) is 0 Å². The number of hydrogen-bond acceptors (Lipinski definition) is 4. The summed E-state index contributed by atoms with van der Waals surface area (Å²) < 4.78 is 27.7. The molecule has 0 bridgehead atoms. The molecule has 0 aromatic rings. The van der Waals surface area contributed by atoms with E-state index in [-0.39, 0.29) is 11.4 Å². The van der Waals surface area contributed by atoms with Crippen LogP contribution in [0.3, 0.4) is 0 Å². The SMILES string of the molecule is CNC(CCCS(C)(=O)=O)CC1(OC)CCC1. The summed E-state index contributed by atoms with van der Waals surface area (Å²) in [7, 11) is 0.890. The fraction of sp³-hybridized carbons (Fsp3) is 1.00. The lowest BCUT2D eigenvalue weighted by atomic mass is 9.75. The molecule has 1 unspecified atom stereocenters. The maximum absolute atomic E-state index is 11.1. The van der Waals surface area contributed by atoms with Crippen LogP contribution in [-0.2, 0) is 14.6 Å². The van der Waals surface area contributed by atoms with Crippen molar-refractivity contribution < 1.29 is 13.2 Å². The highest BCUT2D eigenvalue weighted by atomic mass is 32.2. The zero-order valence-corrected chi connectivity index (χ0v) is 12.0. The smallest absolute Gasteiger partial charge is 0.147 e. The Labute approximate surface area is 105 Å². The van der Waals surface area contributed by atoms with Crippen LogP contribution in [0.25, 0.3) is 0 Å². The molecule has 0 aliphatic heterocycles. The molecule has 0 radical (unpaired) electrons. The first kappa shape index (κ1) is 14.9. The molecule has 0 aromatic heterocycles. The van der Waals surface area contributed by atoms with Crippen molar-refractivity contribution in [2.75, 3.05) is 26.2 Å². The van der Waals surface area contributed by atoms with Crippen molar-refractivity contribution in [2.24, 2.45) is 0 Å². The van der Waals surface area contributed by atoms with Gasteiger partial charge in [0, 0.05) is 25.2 Å². The van der Waals surface area contributed by atoms with E-state index in [1.165, 1.54) is 12.7 Å². The van der Waals surface area contributed by atoms with E-state index in [1.807, 2.05) is 7.05 Å². The Morgan fingerprint density at radius 1 is 1.41 bits per heavy atom. The topological polar surface area (TPSA) is 55.4 Å². The van der Waals surface area contributed by atoms with E-state index in [0.29, 0.717) is 6.04 Å². The molecule has 17 heavy (non-hydrogen) atoms. The van der Waals surface area contributed by atoms with Crippen molar-refractivity contribution in [1.82, 2.24) is 5.32 Å². The molecule has 0 spiro atoms. The van der Waals surface area contributed by atoms with Gasteiger partial charge in [0.25, 0.3) is 0 Å². The van der Waals surface area contributed by atoms with Gasteiger partial charge < -0.3 is 10.1 Å². The molecule has 5 heteroatoms. The largest absolute Gasteiger partial charge is 0.378 e. The highest BCUT2D eigenvalue weighted by molar-refractivity contribution is 7.90. The third-order valence-corrected chi connectivity index (χ3v) is 4.82. The minimum absolute atomic E-state index is 0.0543. The number of rotatable bonds is 8. The van der Waals surface area contributed by atoms with Gasteiger partial charge in [-0.15, -0.1) is 0 Å². The van der Waals surface area contributed by atoms with Gasteiger partial charge in [-0.05, 0) is 45.6 Å².